The number of cyclic esters (lactones) is 2. The van der Waals surface area contributed by atoms with Crippen LogP contribution in [0.5, 0.6) is 0 Å². The highest BCUT2D eigenvalue weighted by Crippen LogP contribution is 2.29. The molecule has 3 rings (SSSR count). The molecule has 2 saturated heterocycles. The van der Waals surface area contributed by atoms with Crippen LogP contribution in [0, 0.1) is 5.82 Å². The van der Waals surface area contributed by atoms with E-state index in [9.17, 15) is 14.0 Å². The van der Waals surface area contributed by atoms with E-state index in [1.165, 1.54) is 32.2 Å². The molecule has 0 saturated carbocycles. The van der Waals surface area contributed by atoms with E-state index >= 15 is 0 Å². The van der Waals surface area contributed by atoms with Gasteiger partial charge in [-0.05, 0) is 25.2 Å². The average molecular weight is 363 g/mol. The van der Waals surface area contributed by atoms with Crippen molar-refractivity contribution in [2.75, 3.05) is 43.4 Å². The lowest BCUT2D eigenvalue weighted by Gasteiger charge is -2.35. The van der Waals surface area contributed by atoms with Crippen molar-refractivity contribution in [3.05, 3.63) is 35.8 Å². The van der Waals surface area contributed by atoms with Gasteiger partial charge in [0.25, 0.3) is 5.79 Å². The third-order valence-corrected chi connectivity index (χ3v) is 4.29. The summed E-state index contributed by atoms with van der Waals surface area (Å²) in [5.41, 5.74) is 1.000. The number of esters is 2. The molecule has 1 aromatic carbocycles. The summed E-state index contributed by atoms with van der Waals surface area (Å²) in [5.74, 6) is -3.28. The zero-order valence-corrected chi connectivity index (χ0v) is 15.0. The number of nitrogens with zero attached hydrogens (tertiary/aromatic N) is 2. The SMILES string of the molecule is CN1CCN(c2ccc(F)cc2NC=C2C(=O)OC(C)(C)OC2=O)CC1. The van der Waals surface area contributed by atoms with E-state index in [2.05, 4.69) is 15.1 Å². The molecule has 140 valence electrons. The summed E-state index contributed by atoms with van der Waals surface area (Å²) < 4.78 is 23.8. The summed E-state index contributed by atoms with van der Waals surface area (Å²) in [5, 5.41) is 2.86. The Hall–Kier alpha value is -2.61. The molecule has 8 heteroatoms. The Morgan fingerprint density at radius 1 is 1.12 bits per heavy atom. The number of rotatable bonds is 3. The summed E-state index contributed by atoms with van der Waals surface area (Å²) >= 11 is 0. The minimum Gasteiger partial charge on any atom is -0.419 e. The summed E-state index contributed by atoms with van der Waals surface area (Å²) in [6.07, 6.45) is 1.20. The topological polar surface area (TPSA) is 71.1 Å². The number of hydrogen-bond donors (Lipinski definition) is 1. The van der Waals surface area contributed by atoms with Crippen molar-refractivity contribution in [3.8, 4) is 0 Å². The van der Waals surface area contributed by atoms with Gasteiger partial charge in [0.15, 0.2) is 5.57 Å². The maximum atomic E-state index is 13.7. The predicted molar refractivity (Wildman–Crippen MR) is 94.1 cm³/mol. The maximum Gasteiger partial charge on any atom is 0.350 e. The van der Waals surface area contributed by atoms with Gasteiger partial charge in [-0.1, -0.05) is 0 Å². The largest absolute Gasteiger partial charge is 0.419 e. The summed E-state index contributed by atoms with van der Waals surface area (Å²) in [7, 11) is 2.05. The van der Waals surface area contributed by atoms with Crippen LogP contribution in [0.1, 0.15) is 13.8 Å². The third-order valence-electron chi connectivity index (χ3n) is 4.29. The second-order valence-corrected chi connectivity index (χ2v) is 6.83. The molecule has 2 aliphatic heterocycles. The number of ether oxygens (including phenoxy) is 2. The van der Waals surface area contributed by atoms with E-state index in [0.717, 1.165) is 31.9 Å². The van der Waals surface area contributed by atoms with Crippen LogP contribution in [-0.4, -0.2) is 55.9 Å². The van der Waals surface area contributed by atoms with Gasteiger partial charge in [0, 0.05) is 46.2 Å². The van der Waals surface area contributed by atoms with Crippen molar-refractivity contribution in [1.82, 2.24) is 4.90 Å². The highest BCUT2D eigenvalue weighted by Gasteiger charge is 2.39. The van der Waals surface area contributed by atoms with Gasteiger partial charge in [-0.2, -0.15) is 0 Å². The number of nitrogens with one attached hydrogen (secondary N) is 1. The van der Waals surface area contributed by atoms with Gasteiger partial charge in [0.2, 0.25) is 0 Å². The van der Waals surface area contributed by atoms with Crippen LogP contribution in [0.3, 0.4) is 0 Å². The van der Waals surface area contributed by atoms with E-state index in [1.807, 2.05) is 7.05 Å². The van der Waals surface area contributed by atoms with Gasteiger partial charge in [-0.15, -0.1) is 0 Å². The molecular formula is C18H22FN3O4. The number of anilines is 2. The van der Waals surface area contributed by atoms with Crippen LogP contribution in [0.15, 0.2) is 30.0 Å². The summed E-state index contributed by atoms with van der Waals surface area (Å²) in [4.78, 5) is 28.4. The van der Waals surface area contributed by atoms with Crippen molar-refractivity contribution in [3.63, 3.8) is 0 Å². The lowest BCUT2D eigenvalue weighted by molar-refractivity contribution is -0.222. The van der Waals surface area contributed by atoms with E-state index in [0.29, 0.717) is 5.69 Å². The third kappa shape index (κ3) is 3.96. The van der Waals surface area contributed by atoms with Crippen molar-refractivity contribution in [2.24, 2.45) is 0 Å². The van der Waals surface area contributed by atoms with Gasteiger partial charge in [-0.25, -0.2) is 14.0 Å². The Labute approximate surface area is 151 Å². The number of likely N-dealkylation sites (N-methyl/N-ethyl adjacent to an activating group) is 1. The lowest BCUT2D eigenvalue weighted by Crippen LogP contribution is -2.44. The fourth-order valence-electron chi connectivity index (χ4n) is 2.88. The molecule has 2 fully saturated rings. The lowest BCUT2D eigenvalue weighted by atomic mass is 10.2. The average Bonchev–Trinajstić information content (AvgIpc) is 2.54. The van der Waals surface area contributed by atoms with Crippen molar-refractivity contribution >= 4 is 23.3 Å². The molecule has 0 bridgehead atoms. The molecule has 2 aliphatic rings. The monoisotopic (exact) mass is 363 g/mol. The summed E-state index contributed by atoms with van der Waals surface area (Å²) in [6, 6.07) is 4.40. The molecule has 7 nitrogen and oxygen atoms in total. The molecule has 26 heavy (non-hydrogen) atoms. The number of piperazine rings is 1. The van der Waals surface area contributed by atoms with Crippen LogP contribution in [0.25, 0.3) is 0 Å². The van der Waals surface area contributed by atoms with Crippen LogP contribution in [-0.2, 0) is 19.1 Å². The van der Waals surface area contributed by atoms with Gasteiger partial charge >= 0.3 is 11.9 Å². The molecule has 2 heterocycles. The molecule has 0 unspecified atom stereocenters. The first kappa shape index (κ1) is 18.2. The van der Waals surface area contributed by atoms with Gasteiger partial charge in [-0.3, -0.25) is 0 Å². The fraction of sp³-hybridized carbons (Fsp3) is 0.444. The number of carbonyl (C=O) groups is 2. The van der Waals surface area contributed by atoms with Crippen molar-refractivity contribution in [2.45, 2.75) is 19.6 Å². The first-order valence-electron chi connectivity index (χ1n) is 8.41. The standard InChI is InChI=1S/C18H22FN3O4/c1-18(2)25-16(23)13(17(24)26-18)11-20-14-10-12(19)4-5-15(14)22-8-6-21(3)7-9-22/h4-5,10-11,20H,6-9H2,1-3H3. The number of hydrogen-bond acceptors (Lipinski definition) is 7. The highest BCUT2D eigenvalue weighted by molar-refractivity contribution is 6.15. The van der Waals surface area contributed by atoms with E-state index < -0.39 is 23.5 Å². The molecule has 0 radical (unpaired) electrons. The predicted octanol–water partition coefficient (Wildman–Crippen LogP) is 1.71. The summed E-state index contributed by atoms with van der Waals surface area (Å²) in [6.45, 7) is 6.34. The van der Waals surface area contributed by atoms with Gasteiger partial charge < -0.3 is 24.6 Å². The van der Waals surface area contributed by atoms with Crippen LogP contribution in [0.2, 0.25) is 0 Å². The highest BCUT2D eigenvalue weighted by atomic mass is 19.1. The molecule has 0 atom stereocenters. The zero-order valence-electron chi connectivity index (χ0n) is 15.0. The van der Waals surface area contributed by atoms with Crippen LogP contribution >= 0.6 is 0 Å². The molecular weight excluding hydrogens is 341 g/mol. The maximum absolute atomic E-state index is 13.7. The molecule has 0 amide bonds. The quantitative estimate of drug-likeness (QED) is 0.498. The normalized spacial score (nSPS) is 20.5. The molecule has 0 aliphatic carbocycles. The van der Waals surface area contributed by atoms with Gasteiger partial charge in [0.05, 0.1) is 11.4 Å². The Morgan fingerprint density at radius 3 is 2.35 bits per heavy atom. The van der Waals surface area contributed by atoms with E-state index in [-0.39, 0.29) is 5.57 Å². The van der Waals surface area contributed by atoms with Crippen LogP contribution < -0.4 is 10.2 Å². The number of carbonyl (C=O) groups excluding carboxylic acids is 2. The first-order chi connectivity index (χ1) is 12.2. The molecule has 0 aromatic heterocycles. The Morgan fingerprint density at radius 2 is 1.73 bits per heavy atom. The van der Waals surface area contributed by atoms with Gasteiger partial charge in [0.1, 0.15) is 5.82 Å². The number of halogens is 1. The van der Waals surface area contributed by atoms with Crippen LogP contribution in [0.4, 0.5) is 15.8 Å². The molecule has 1 aromatic rings. The first-order valence-corrected chi connectivity index (χ1v) is 8.41. The second kappa shape index (κ2) is 6.95. The smallest absolute Gasteiger partial charge is 0.350 e. The number of benzene rings is 1. The van der Waals surface area contributed by atoms with E-state index in [4.69, 9.17) is 9.47 Å². The minimum absolute atomic E-state index is 0.266. The minimum atomic E-state index is -1.30. The van der Waals surface area contributed by atoms with E-state index in [1.54, 1.807) is 6.07 Å². The second-order valence-electron chi connectivity index (χ2n) is 6.83. The van der Waals surface area contributed by atoms with Crippen molar-refractivity contribution in [1.29, 1.82) is 0 Å². The Kier molecular flexibility index (Phi) is 4.86. The van der Waals surface area contributed by atoms with Crippen molar-refractivity contribution < 1.29 is 23.5 Å². The molecule has 0 spiro atoms. The Balaban J connectivity index is 1.82. The molecule has 1 N–H and O–H groups in total. The fourth-order valence-corrected chi connectivity index (χ4v) is 2.88. The Bertz CT molecular complexity index is 733. The zero-order chi connectivity index (χ0) is 18.9.